The van der Waals surface area contributed by atoms with Gasteiger partial charge in [-0.25, -0.2) is 0 Å². The predicted octanol–water partition coefficient (Wildman–Crippen LogP) is 1.56. The molecule has 0 spiro atoms. The van der Waals surface area contributed by atoms with Crippen LogP contribution < -0.4 is 15.4 Å². The second-order valence-corrected chi connectivity index (χ2v) is 4.42. The molecule has 1 aromatic carbocycles. The Kier molecular flexibility index (Phi) is 4.31. The van der Waals surface area contributed by atoms with E-state index in [1.165, 1.54) is 6.20 Å². The summed E-state index contributed by atoms with van der Waals surface area (Å²) in [5.41, 5.74) is 1.13. The van der Waals surface area contributed by atoms with Crippen LogP contribution in [0.5, 0.6) is 5.75 Å². The lowest BCUT2D eigenvalue weighted by molar-refractivity contribution is 0.0977. The highest BCUT2D eigenvalue weighted by atomic mass is 32.1. The van der Waals surface area contributed by atoms with E-state index in [9.17, 15) is 4.79 Å². The van der Waals surface area contributed by atoms with E-state index in [0.29, 0.717) is 17.0 Å². The van der Waals surface area contributed by atoms with E-state index >= 15 is 0 Å². The van der Waals surface area contributed by atoms with Gasteiger partial charge in [-0.15, -0.1) is 0 Å². The highest BCUT2D eigenvalue weighted by Gasteiger charge is 2.10. The zero-order valence-electron chi connectivity index (χ0n) is 11.1. The first-order chi connectivity index (χ1) is 9.60. The number of benzene rings is 1. The second kappa shape index (κ2) is 6.16. The number of rotatable bonds is 3. The van der Waals surface area contributed by atoms with Crippen molar-refractivity contribution in [3.05, 3.63) is 42.2 Å². The number of amides is 1. The number of carbonyl (C=O) groups is 1. The van der Waals surface area contributed by atoms with Gasteiger partial charge < -0.3 is 10.1 Å². The van der Waals surface area contributed by atoms with Gasteiger partial charge in [0, 0.05) is 13.2 Å². The standard InChI is InChI=1S/C13H14N4O2S/c1-17-8-9(7-14-17)12(18)16-13(20)15-10-5-3-4-6-11(10)19-2/h3-8H,1-2H3,(H2,15,16,18,20). The number of carbonyl (C=O) groups excluding carboxylic acids is 1. The Morgan fingerprint density at radius 2 is 2.15 bits per heavy atom. The second-order valence-electron chi connectivity index (χ2n) is 4.01. The van der Waals surface area contributed by atoms with Crippen molar-refractivity contribution in [2.45, 2.75) is 0 Å². The van der Waals surface area contributed by atoms with E-state index < -0.39 is 0 Å². The van der Waals surface area contributed by atoms with Crippen LogP contribution in [0.15, 0.2) is 36.7 Å². The van der Waals surface area contributed by atoms with Crippen LogP contribution in [0.4, 0.5) is 5.69 Å². The third-order valence-corrected chi connectivity index (χ3v) is 2.75. The molecule has 0 aliphatic rings. The maximum atomic E-state index is 11.9. The van der Waals surface area contributed by atoms with Gasteiger partial charge in [-0.05, 0) is 24.4 Å². The third-order valence-electron chi connectivity index (χ3n) is 2.55. The minimum absolute atomic E-state index is 0.198. The van der Waals surface area contributed by atoms with Gasteiger partial charge in [0.25, 0.3) is 5.91 Å². The number of aryl methyl sites for hydroxylation is 1. The van der Waals surface area contributed by atoms with E-state index in [1.54, 1.807) is 37.2 Å². The fourth-order valence-electron chi connectivity index (χ4n) is 1.62. The van der Waals surface area contributed by atoms with Crippen LogP contribution in [0.25, 0.3) is 0 Å². The fourth-order valence-corrected chi connectivity index (χ4v) is 1.82. The maximum absolute atomic E-state index is 11.9. The number of hydrogen-bond acceptors (Lipinski definition) is 4. The minimum atomic E-state index is -0.314. The maximum Gasteiger partial charge on any atom is 0.260 e. The number of aromatic nitrogens is 2. The molecule has 0 saturated heterocycles. The first-order valence-corrected chi connectivity index (χ1v) is 6.25. The third kappa shape index (κ3) is 3.33. The quantitative estimate of drug-likeness (QED) is 0.840. The SMILES string of the molecule is COc1ccccc1NC(=S)NC(=O)c1cnn(C)c1. The van der Waals surface area contributed by atoms with E-state index in [-0.39, 0.29) is 11.0 Å². The van der Waals surface area contributed by atoms with Crippen LogP contribution in [-0.2, 0) is 7.05 Å². The number of thiocarbonyl (C=S) groups is 1. The molecule has 1 amide bonds. The molecule has 0 atom stereocenters. The molecule has 0 unspecified atom stereocenters. The van der Waals surface area contributed by atoms with Crippen LogP contribution in [0, 0.1) is 0 Å². The van der Waals surface area contributed by atoms with Crippen molar-refractivity contribution in [2.24, 2.45) is 7.05 Å². The highest BCUT2D eigenvalue weighted by Crippen LogP contribution is 2.22. The van der Waals surface area contributed by atoms with E-state index in [1.807, 2.05) is 12.1 Å². The minimum Gasteiger partial charge on any atom is -0.495 e. The number of nitrogens with zero attached hydrogens (tertiary/aromatic N) is 2. The molecule has 0 fully saturated rings. The summed E-state index contributed by atoms with van der Waals surface area (Å²) in [6.07, 6.45) is 3.09. The molecule has 20 heavy (non-hydrogen) atoms. The zero-order chi connectivity index (χ0) is 14.5. The van der Waals surface area contributed by atoms with E-state index in [0.717, 1.165) is 0 Å². The smallest absolute Gasteiger partial charge is 0.260 e. The number of ether oxygens (including phenoxy) is 1. The molecule has 0 aliphatic heterocycles. The Bertz CT molecular complexity index is 639. The Labute approximate surface area is 121 Å². The van der Waals surface area contributed by atoms with Crippen molar-refractivity contribution in [2.75, 3.05) is 12.4 Å². The Morgan fingerprint density at radius 3 is 2.80 bits per heavy atom. The van der Waals surface area contributed by atoms with Gasteiger partial charge in [0.1, 0.15) is 5.75 Å². The summed E-state index contributed by atoms with van der Waals surface area (Å²) in [4.78, 5) is 11.9. The van der Waals surface area contributed by atoms with Crippen molar-refractivity contribution in [3.8, 4) is 5.75 Å². The van der Waals surface area contributed by atoms with Crippen molar-refractivity contribution in [1.29, 1.82) is 0 Å². The molecular formula is C13H14N4O2S. The lowest BCUT2D eigenvalue weighted by Gasteiger charge is -2.11. The number of methoxy groups -OCH3 is 1. The number of anilines is 1. The summed E-state index contributed by atoms with van der Waals surface area (Å²) in [5, 5.41) is 9.62. The topological polar surface area (TPSA) is 68.2 Å². The van der Waals surface area contributed by atoms with Gasteiger partial charge in [0.05, 0.1) is 24.6 Å². The Hall–Kier alpha value is -2.41. The largest absolute Gasteiger partial charge is 0.495 e. The molecule has 1 aromatic heterocycles. The van der Waals surface area contributed by atoms with Crippen LogP contribution >= 0.6 is 12.2 Å². The summed E-state index contributed by atoms with van der Waals surface area (Å²) in [6, 6.07) is 7.30. The molecule has 0 saturated carbocycles. The van der Waals surface area contributed by atoms with Crippen molar-refractivity contribution in [1.82, 2.24) is 15.1 Å². The zero-order valence-corrected chi connectivity index (χ0v) is 11.9. The number of hydrogen-bond donors (Lipinski definition) is 2. The Morgan fingerprint density at radius 1 is 1.40 bits per heavy atom. The van der Waals surface area contributed by atoms with Crippen molar-refractivity contribution < 1.29 is 9.53 Å². The van der Waals surface area contributed by atoms with Crippen molar-refractivity contribution in [3.63, 3.8) is 0 Å². The molecule has 2 aromatic rings. The molecule has 1 heterocycles. The molecule has 0 radical (unpaired) electrons. The molecule has 2 N–H and O–H groups in total. The summed E-state index contributed by atoms with van der Waals surface area (Å²) < 4.78 is 6.74. The van der Waals surface area contributed by atoms with Crippen molar-refractivity contribution >= 4 is 28.9 Å². The van der Waals surface area contributed by atoms with E-state index in [4.69, 9.17) is 17.0 Å². The first kappa shape index (κ1) is 14.0. The molecule has 6 nitrogen and oxygen atoms in total. The lowest BCUT2D eigenvalue weighted by atomic mass is 10.3. The Balaban J connectivity index is 2.00. The summed E-state index contributed by atoms with van der Waals surface area (Å²) in [6.45, 7) is 0. The normalized spacial score (nSPS) is 9.90. The molecule has 0 bridgehead atoms. The molecule has 104 valence electrons. The summed E-state index contributed by atoms with van der Waals surface area (Å²) >= 11 is 5.10. The summed E-state index contributed by atoms with van der Waals surface area (Å²) in [5.74, 6) is 0.330. The number of para-hydroxylation sites is 2. The van der Waals surface area contributed by atoms with Crippen LogP contribution in [0.1, 0.15) is 10.4 Å². The van der Waals surface area contributed by atoms with Crippen LogP contribution in [0.2, 0.25) is 0 Å². The summed E-state index contributed by atoms with van der Waals surface area (Å²) in [7, 11) is 3.31. The monoisotopic (exact) mass is 290 g/mol. The molecular weight excluding hydrogens is 276 g/mol. The average molecular weight is 290 g/mol. The first-order valence-electron chi connectivity index (χ1n) is 5.84. The van der Waals surface area contributed by atoms with Gasteiger partial charge in [0.2, 0.25) is 0 Å². The molecule has 0 aliphatic carbocycles. The average Bonchev–Trinajstić information content (AvgIpc) is 2.86. The highest BCUT2D eigenvalue weighted by molar-refractivity contribution is 7.80. The van der Waals surface area contributed by atoms with Gasteiger partial charge in [-0.2, -0.15) is 5.10 Å². The predicted molar refractivity (Wildman–Crippen MR) is 79.9 cm³/mol. The number of nitrogens with one attached hydrogen (secondary N) is 2. The fraction of sp³-hybridized carbons (Fsp3) is 0.154. The molecule has 7 heteroatoms. The lowest BCUT2D eigenvalue weighted by Crippen LogP contribution is -2.34. The van der Waals surface area contributed by atoms with Crippen LogP contribution in [0.3, 0.4) is 0 Å². The van der Waals surface area contributed by atoms with Gasteiger partial charge in [-0.3, -0.25) is 14.8 Å². The van der Waals surface area contributed by atoms with Crippen LogP contribution in [-0.4, -0.2) is 27.9 Å². The van der Waals surface area contributed by atoms with Gasteiger partial charge in [0.15, 0.2) is 5.11 Å². The van der Waals surface area contributed by atoms with Gasteiger partial charge >= 0.3 is 0 Å². The molecule has 2 rings (SSSR count). The van der Waals surface area contributed by atoms with E-state index in [2.05, 4.69) is 15.7 Å². The van der Waals surface area contributed by atoms with Gasteiger partial charge in [-0.1, -0.05) is 12.1 Å².